The van der Waals surface area contributed by atoms with Crippen LogP contribution in [0.15, 0.2) is 17.1 Å². The SMILES string of the molecule is N#C[B-][n+]1c(N)ccn([C@H]2C[C@H](O)[C@@H](CO)O2)c1=O. The molecule has 3 atom stereocenters. The van der Waals surface area contributed by atoms with Crippen LogP contribution in [0.3, 0.4) is 0 Å². The predicted octanol–water partition coefficient (Wildman–Crippen LogP) is -2.69. The third-order valence-corrected chi connectivity index (χ3v) is 2.99. The number of aromatic nitrogens is 2. The number of nitrogen functional groups attached to an aromatic ring is 1. The predicted molar refractivity (Wildman–Crippen MR) is 63.7 cm³/mol. The minimum atomic E-state index is -0.840. The summed E-state index contributed by atoms with van der Waals surface area (Å²) >= 11 is 0. The van der Waals surface area contributed by atoms with E-state index in [4.69, 9.17) is 20.8 Å². The molecule has 100 valence electrons. The first-order valence-corrected chi connectivity index (χ1v) is 5.68. The van der Waals surface area contributed by atoms with Crippen LogP contribution in [0, 0.1) is 11.2 Å². The van der Waals surface area contributed by atoms with Crippen molar-refractivity contribution in [2.45, 2.75) is 24.9 Å². The molecule has 2 radical (unpaired) electrons. The number of aliphatic hydroxyl groups excluding tert-OH is 2. The number of hydrogen-bond acceptors (Lipinski definition) is 6. The Hall–Kier alpha value is -1.89. The second kappa shape index (κ2) is 5.40. The first-order chi connectivity index (χ1) is 9.08. The second-order valence-corrected chi connectivity index (χ2v) is 4.17. The molecule has 19 heavy (non-hydrogen) atoms. The van der Waals surface area contributed by atoms with E-state index in [2.05, 4.69) is 0 Å². The number of aliphatic hydroxyl groups is 2. The Morgan fingerprint density at radius 1 is 1.74 bits per heavy atom. The average molecular weight is 264 g/mol. The van der Waals surface area contributed by atoms with Crippen LogP contribution >= 0.6 is 0 Å². The summed E-state index contributed by atoms with van der Waals surface area (Å²) in [6.07, 6.45) is -0.646. The zero-order valence-electron chi connectivity index (χ0n) is 10.0. The highest BCUT2D eigenvalue weighted by Gasteiger charge is 2.36. The molecule has 2 heterocycles. The molecule has 1 saturated heterocycles. The van der Waals surface area contributed by atoms with Crippen molar-refractivity contribution in [3.8, 4) is 5.97 Å². The van der Waals surface area contributed by atoms with E-state index < -0.39 is 24.1 Å². The molecule has 1 fully saturated rings. The van der Waals surface area contributed by atoms with Crippen molar-refractivity contribution in [3.63, 3.8) is 0 Å². The van der Waals surface area contributed by atoms with Gasteiger partial charge in [0.15, 0.2) is 12.0 Å². The Balaban J connectivity index is 2.35. The van der Waals surface area contributed by atoms with Crippen molar-refractivity contribution in [2.75, 3.05) is 12.3 Å². The molecule has 1 aromatic rings. The summed E-state index contributed by atoms with van der Waals surface area (Å²) in [5, 5.41) is 27.3. The summed E-state index contributed by atoms with van der Waals surface area (Å²) in [5.41, 5.74) is 5.05. The molecule has 0 unspecified atom stereocenters. The van der Waals surface area contributed by atoms with Gasteiger partial charge in [-0.25, -0.2) is 9.36 Å². The van der Waals surface area contributed by atoms with Gasteiger partial charge >= 0.3 is 5.69 Å². The highest BCUT2D eigenvalue weighted by atomic mass is 16.5. The molecule has 0 amide bonds. The molecular formula is C10H13BN4O4. The minimum Gasteiger partial charge on any atom is -0.435 e. The van der Waals surface area contributed by atoms with E-state index in [0.29, 0.717) is 0 Å². The van der Waals surface area contributed by atoms with Gasteiger partial charge in [0.2, 0.25) is 0 Å². The lowest BCUT2D eigenvalue weighted by Gasteiger charge is -2.16. The van der Waals surface area contributed by atoms with Gasteiger partial charge in [-0.3, -0.25) is 5.26 Å². The summed E-state index contributed by atoms with van der Waals surface area (Å²) in [6.45, 7) is -0.328. The van der Waals surface area contributed by atoms with Crippen LogP contribution in [0.4, 0.5) is 5.82 Å². The molecule has 0 aliphatic carbocycles. The number of nitriles is 1. The van der Waals surface area contributed by atoms with Crippen molar-refractivity contribution < 1.29 is 19.4 Å². The maximum Gasteiger partial charge on any atom is 0.396 e. The topological polar surface area (TPSA) is 125 Å². The highest BCUT2D eigenvalue weighted by molar-refractivity contribution is 6.35. The maximum atomic E-state index is 12.1. The van der Waals surface area contributed by atoms with E-state index in [0.717, 1.165) is 11.9 Å². The van der Waals surface area contributed by atoms with E-state index in [-0.39, 0.29) is 18.8 Å². The number of nitrogens with zero attached hydrogens (tertiary/aromatic N) is 3. The molecule has 0 spiro atoms. The summed E-state index contributed by atoms with van der Waals surface area (Å²) in [4.78, 5) is 12.1. The molecule has 0 saturated carbocycles. The Morgan fingerprint density at radius 3 is 3.05 bits per heavy atom. The molecule has 9 heteroatoms. The monoisotopic (exact) mass is 264 g/mol. The smallest absolute Gasteiger partial charge is 0.396 e. The van der Waals surface area contributed by atoms with Crippen LogP contribution in [0.1, 0.15) is 12.6 Å². The Kier molecular flexibility index (Phi) is 3.85. The van der Waals surface area contributed by atoms with Crippen LogP contribution in [0.5, 0.6) is 0 Å². The van der Waals surface area contributed by atoms with Crippen LogP contribution < -0.4 is 15.9 Å². The molecular weight excluding hydrogens is 251 g/mol. The van der Waals surface area contributed by atoms with Gasteiger partial charge < -0.3 is 25.2 Å². The molecule has 1 aliphatic heterocycles. The van der Waals surface area contributed by atoms with Crippen LogP contribution in [0.25, 0.3) is 0 Å². The number of rotatable bonds is 3. The van der Waals surface area contributed by atoms with Gasteiger partial charge in [-0.05, 0) is 0 Å². The zero-order chi connectivity index (χ0) is 14.0. The van der Waals surface area contributed by atoms with Crippen molar-refractivity contribution >= 4 is 13.2 Å². The summed E-state index contributed by atoms with van der Waals surface area (Å²) in [6, 6.07) is 1.46. The van der Waals surface area contributed by atoms with Crippen molar-refractivity contribution in [3.05, 3.63) is 22.7 Å². The number of nitrogens with two attached hydrogens (primary N) is 1. The van der Waals surface area contributed by atoms with E-state index >= 15 is 0 Å². The molecule has 1 aliphatic rings. The molecule has 0 bridgehead atoms. The molecule has 0 aromatic carbocycles. The van der Waals surface area contributed by atoms with E-state index in [1.54, 1.807) is 5.97 Å². The van der Waals surface area contributed by atoms with Gasteiger partial charge in [0.1, 0.15) is 6.10 Å². The fraction of sp³-hybridized carbons (Fsp3) is 0.500. The van der Waals surface area contributed by atoms with Crippen molar-refractivity contribution in [1.82, 2.24) is 4.57 Å². The number of hydrogen-bond donors (Lipinski definition) is 3. The molecule has 4 N–H and O–H groups in total. The Bertz CT molecular complexity index is 570. The summed E-state index contributed by atoms with van der Waals surface area (Å²) in [7, 11) is 0.989. The Morgan fingerprint density at radius 2 is 2.47 bits per heavy atom. The van der Waals surface area contributed by atoms with Crippen molar-refractivity contribution in [2.24, 2.45) is 0 Å². The second-order valence-electron chi connectivity index (χ2n) is 4.17. The summed E-state index contributed by atoms with van der Waals surface area (Å²) in [5.74, 6) is 1.85. The Labute approximate surface area is 109 Å². The van der Waals surface area contributed by atoms with Crippen LogP contribution in [-0.4, -0.2) is 41.0 Å². The lowest BCUT2D eigenvalue weighted by molar-refractivity contribution is -0.535. The first kappa shape index (κ1) is 13.5. The van der Waals surface area contributed by atoms with Gasteiger partial charge in [0, 0.05) is 19.9 Å². The van der Waals surface area contributed by atoms with Crippen LogP contribution in [0.2, 0.25) is 0 Å². The fourth-order valence-electron chi connectivity index (χ4n) is 1.99. The first-order valence-electron chi connectivity index (χ1n) is 5.68. The van der Waals surface area contributed by atoms with Crippen molar-refractivity contribution in [1.29, 1.82) is 5.26 Å². The zero-order valence-corrected chi connectivity index (χ0v) is 10.0. The normalized spacial score (nSPS) is 26.3. The number of ether oxygens (including phenoxy) is 1. The molecule has 1 aromatic heterocycles. The van der Waals surface area contributed by atoms with Gasteiger partial charge in [-0.1, -0.05) is 0 Å². The quantitative estimate of drug-likeness (QED) is 0.510. The van der Waals surface area contributed by atoms with Gasteiger partial charge in [0.05, 0.1) is 18.9 Å². The minimum absolute atomic E-state index is 0.125. The maximum absolute atomic E-state index is 12.1. The van der Waals surface area contributed by atoms with Gasteiger partial charge in [0.25, 0.3) is 0 Å². The van der Waals surface area contributed by atoms with Gasteiger partial charge in [-0.15, -0.1) is 0 Å². The average Bonchev–Trinajstić information content (AvgIpc) is 2.75. The third-order valence-electron chi connectivity index (χ3n) is 2.99. The van der Waals surface area contributed by atoms with Crippen LogP contribution in [-0.2, 0) is 4.74 Å². The highest BCUT2D eigenvalue weighted by Crippen LogP contribution is 2.27. The lowest BCUT2D eigenvalue weighted by Crippen LogP contribution is -2.59. The van der Waals surface area contributed by atoms with E-state index in [1.807, 2.05) is 0 Å². The summed E-state index contributed by atoms with van der Waals surface area (Å²) < 4.78 is 7.59. The molecule has 8 nitrogen and oxygen atoms in total. The number of anilines is 1. The van der Waals surface area contributed by atoms with E-state index in [1.165, 1.54) is 16.8 Å². The molecule has 2 rings (SSSR count). The fourth-order valence-corrected chi connectivity index (χ4v) is 1.99. The van der Waals surface area contributed by atoms with E-state index in [9.17, 15) is 9.90 Å². The lowest BCUT2D eigenvalue weighted by atomic mass is 9.98. The third kappa shape index (κ3) is 2.46. The largest absolute Gasteiger partial charge is 0.435 e. The standard InChI is InChI=1S/C10H12BN4O4/c12-5-11-15-8(13)1-2-14(10(15)18)9-3-6(17)7(4-16)19-9/h1-2,6-7,9,16-17H,3-4H2,(H-,13,18)/q-1/p+1/t6-,7+,9+/m0/s1. The van der Waals surface area contributed by atoms with Gasteiger partial charge in [-0.2, -0.15) is 5.97 Å².